The number of aromatic nitrogens is 3. The molecule has 3 aromatic rings. The minimum atomic E-state index is 0.0809. The van der Waals surface area contributed by atoms with E-state index in [1.807, 2.05) is 60.8 Å². The number of allylic oxidation sites excluding steroid dienone is 4. The number of nitrogen functional groups attached to an aromatic ring is 1. The average molecular weight is 364 g/mol. The second-order valence-corrected chi connectivity index (χ2v) is 6.44. The Balaban J connectivity index is 1.72. The number of fused-ring (bicyclic) bond motifs is 2. The largest absolute Gasteiger partial charge is 0.376 e. The molecule has 1 aromatic carbocycles. The number of pyridine rings is 1. The van der Waals surface area contributed by atoms with Gasteiger partial charge in [-0.25, -0.2) is 4.98 Å². The summed E-state index contributed by atoms with van der Waals surface area (Å²) in [5.41, 5.74) is 9.21. The van der Waals surface area contributed by atoms with Crippen LogP contribution in [0.15, 0.2) is 65.9 Å². The van der Waals surface area contributed by atoms with Crippen LogP contribution in [0.1, 0.15) is 5.69 Å². The molecule has 0 spiro atoms. The highest BCUT2D eigenvalue weighted by Gasteiger charge is 2.30. The number of nitrogens with two attached hydrogens (primary N) is 1. The molecule has 5 rings (SSSR count). The smallest absolute Gasteiger partial charge is 0.360 e. The van der Waals surface area contributed by atoms with Crippen molar-refractivity contribution in [3.8, 4) is 17.3 Å². The van der Waals surface area contributed by atoms with Crippen LogP contribution < -0.4 is 5.73 Å². The molecule has 0 fully saturated rings. The van der Waals surface area contributed by atoms with Gasteiger partial charge in [0, 0.05) is 17.1 Å². The standard InChI is InChI=1S/C21H14N7/c22-11-18-20(23)26-21(28-12-15-4-1-2-6-17(15)27-28)19(25-18)14-7-8-16-13(10-14)5-3-9-24-16/h1-10,12,15H,(H2,23,26)/q+1. The van der Waals surface area contributed by atoms with Crippen molar-refractivity contribution in [2.24, 2.45) is 11.0 Å². The van der Waals surface area contributed by atoms with Gasteiger partial charge in [0.15, 0.2) is 5.69 Å². The number of hydrogen-bond donors (Lipinski definition) is 1. The summed E-state index contributed by atoms with van der Waals surface area (Å²) in [7, 11) is 0. The Bertz CT molecular complexity index is 1290. The predicted molar refractivity (Wildman–Crippen MR) is 107 cm³/mol. The number of anilines is 1. The van der Waals surface area contributed by atoms with Crippen LogP contribution in [0.25, 0.3) is 22.2 Å². The summed E-state index contributed by atoms with van der Waals surface area (Å²) in [5, 5.41) is 15.0. The third-order valence-electron chi connectivity index (χ3n) is 4.67. The Morgan fingerprint density at radius 2 is 2.07 bits per heavy atom. The fourth-order valence-corrected chi connectivity index (χ4v) is 3.30. The molecular weight excluding hydrogens is 350 g/mol. The molecule has 1 unspecified atom stereocenters. The van der Waals surface area contributed by atoms with Gasteiger partial charge < -0.3 is 5.73 Å². The van der Waals surface area contributed by atoms with E-state index in [4.69, 9.17) is 5.73 Å². The Hall–Kier alpha value is -4.18. The fraction of sp³-hybridized carbons (Fsp3) is 0.0476. The topological polar surface area (TPSA) is 104 Å². The monoisotopic (exact) mass is 364 g/mol. The molecule has 2 N–H and O–H groups in total. The van der Waals surface area contributed by atoms with Crippen molar-refractivity contribution in [2.75, 3.05) is 5.73 Å². The molecule has 7 nitrogen and oxygen atoms in total. The molecule has 2 aromatic heterocycles. The van der Waals surface area contributed by atoms with Crippen LogP contribution in [-0.4, -0.2) is 31.6 Å². The minimum absolute atomic E-state index is 0.0809. The number of hydrogen-bond acceptors (Lipinski definition) is 6. The van der Waals surface area contributed by atoms with Gasteiger partial charge in [0.05, 0.1) is 17.1 Å². The second kappa shape index (κ2) is 6.21. The molecule has 132 valence electrons. The lowest BCUT2D eigenvalue weighted by atomic mass is 10.0. The molecule has 0 saturated heterocycles. The average Bonchev–Trinajstić information content (AvgIpc) is 3.17. The minimum Gasteiger partial charge on any atom is -0.360 e. The van der Waals surface area contributed by atoms with E-state index in [9.17, 15) is 5.26 Å². The van der Waals surface area contributed by atoms with Gasteiger partial charge >= 0.3 is 5.82 Å². The molecule has 2 aliphatic rings. The molecule has 1 atom stereocenters. The van der Waals surface area contributed by atoms with Crippen LogP contribution in [0, 0.1) is 17.2 Å². The summed E-state index contributed by atoms with van der Waals surface area (Å²) in [4.78, 5) is 13.3. The zero-order chi connectivity index (χ0) is 19.1. The van der Waals surface area contributed by atoms with Crippen molar-refractivity contribution in [3.05, 3.63) is 66.5 Å². The first-order valence-electron chi connectivity index (χ1n) is 8.73. The number of rotatable bonds is 2. The van der Waals surface area contributed by atoms with Crippen molar-refractivity contribution in [1.82, 2.24) is 15.0 Å². The zero-order valence-corrected chi connectivity index (χ0v) is 14.7. The molecule has 0 radical (unpaired) electrons. The zero-order valence-electron chi connectivity index (χ0n) is 14.7. The van der Waals surface area contributed by atoms with Gasteiger partial charge in [0.2, 0.25) is 5.69 Å². The van der Waals surface area contributed by atoms with Crippen molar-refractivity contribution in [2.45, 2.75) is 0 Å². The first-order chi connectivity index (χ1) is 13.7. The first kappa shape index (κ1) is 16.0. The van der Waals surface area contributed by atoms with Gasteiger partial charge in [0.25, 0.3) is 5.82 Å². The summed E-state index contributed by atoms with van der Waals surface area (Å²) < 4.78 is 1.69. The van der Waals surface area contributed by atoms with Crippen LogP contribution in [0.3, 0.4) is 0 Å². The summed E-state index contributed by atoms with van der Waals surface area (Å²) >= 11 is 0. The van der Waals surface area contributed by atoms with E-state index >= 15 is 0 Å². The highest BCUT2D eigenvalue weighted by molar-refractivity contribution is 6.09. The van der Waals surface area contributed by atoms with E-state index < -0.39 is 0 Å². The normalized spacial score (nSPS) is 17.2. The lowest BCUT2D eigenvalue weighted by molar-refractivity contribution is -0.441. The molecule has 28 heavy (non-hydrogen) atoms. The predicted octanol–water partition coefficient (Wildman–Crippen LogP) is 2.97. The molecule has 0 bridgehead atoms. The quantitative estimate of drug-likeness (QED) is 0.704. The van der Waals surface area contributed by atoms with Crippen LogP contribution >= 0.6 is 0 Å². The van der Waals surface area contributed by atoms with Gasteiger partial charge in [-0.1, -0.05) is 35.5 Å². The van der Waals surface area contributed by atoms with Crippen LogP contribution in [0.4, 0.5) is 11.6 Å². The summed E-state index contributed by atoms with van der Waals surface area (Å²) in [5.74, 6) is 0.652. The number of benzene rings is 1. The highest BCUT2D eigenvalue weighted by atomic mass is 15.4. The Morgan fingerprint density at radius 3 is 2.93 bits per heavy atom. The summed E-state index contributed by atoms with van der Waals surface area (Å²) in [6.45, 7) is 0. The van der Waals surface area contributed by atoms with Gasteiger partial charge in [-0.15, -0.1) is 4.68 Å². The van der Waals surface area contributed by atoms with Gasteiger partial charge in [-0.3, -0.25) is 4.98 Å². The van der Waals surface area contributed by atoms with Crippen molar-refractivity contribution in [3.63, 3.8) is 0 Å². The van der Waals surface area contributed by atoms with Crippen molar-refractivity contribution < 1.29 is 4.68 Å². The van der Waals surface area contributed by atoms with E-state index in [1.165, 1.54) is 0 Å². The maximum atomic E-state index is 9.38. The molecule has 7 heteroatoms. The molecule has 3 heterocycles. The van der Waals surface area contributed by atoms with E-state index in [-0.39, 0.29) is 17.4 Å². The first-order valence-corrected chi connectivity index (χ1v) is 8.73. The summed E-state index contributed by atoms with van der Waals surface area (Å²) in [6, 6.07) is 11.7. The molecule has 1 aliphatic heterocycles. The maximum absolute atomic E-state index is 9.38. The van der Waals surface area contributed by atoms with Gasteiger partial charge in [-0.2, -0.15) is 5.26 Å². The molecule has 0 amide bonds. The van der Waals surface area contributed by atoms with Gasteiger partial charge in [-0.05, 0) is 29.3 Å². The summed E-state index contributed by atoms with van der Waals surface area (Å²) in [6.07, 6.45) is 11.7. The second-order valence-electron chi connectivity index (χ2n) is 6.44. The number of nitrogens with zero attached hydrogens (tertiary/aromatic N) is 6. The molecule has 0 saturated carbocycles. The fourth-order valence-electron chi connectivity index (χ4n) is 3.30. The van der Waals surface area contributed by atoms with Crippen LogP contribution in [0.2, 0.25) is 0 Å². The molecular formula is C21H14N7+. The maximum Gasteiger partial charge on any atom is 0.376 e. The van der Waals surface area contributed by atoms with Crippen molar-refractivity contribution >= 4 is 34.5 Å². The SMILES string of the molecule is N#Cc1nc(-c2ccc3ncccc3c2)c([N+]2=CC3C=CC=CC3=N2)nc1N. The number of nitriles is 1. The van der Waals surface area contributed by atoms with Crippen molar-refractivity contribution in [1.29, 1.82) is 5.26 Å². The van der Waals surface area contributed by atoms with Crippen LogP contribution in [-0.2, 0) is 0 Å². The van der Waals surface area contributed by atoms with Crippen LogP contribution in [0.5, 0.6) is 0 Å². The third kappa shape index (κ3) is 2.56. The Morgan fingerprint density at radius 1 is 1.14 bits per heavy atom. The lowest BCUT2D eigenvalue weighted by Crippen LogP contribution is -2.09. The highest BCUT2D eigenvalue weighted by Crippen LogP contribution is 2.32. The van der Waals surface area contributed by atoms with Gasteiger partial charge in [0.1, 0.15) is 12.3 Å². The van der Waals surface area contributed by atoms with E-state index in [2.05, 4.69) is 26.1 Å². The Labute approximate surface area is 160 Å². The third-order valence-corrected chi connectivity index (χ3v) is 4.67. The van der Waals surface area contributed by atoms with E-state index in [1.54, 1.807) is 10.9 Å². The Kier molecular flexibility index (Phi) is 3.56. The lowest BCUT2D eigenvalue weighted by Gasteiger charge is -2.05. The number of hydrazone groups is 1. The molecule has 1 aliphatic carbocycles. The van der Waals surface area contributed by atoms with E-state index in [0.29, 0.717) is 11.5 Å². The van der Waals surface area contributed by atoms with E-state index in [0.717, 1.165) is 22.2 Å².